The summed E-state index contributed by atoms with van der Waals surface area (Å²) in [4.78, 5) is 19.0. The first-order chi connectivity index (χ1) is 15.6. The summed E-state index contributed by atoms with van der Waals surface area (Å²) in [5.41, 5.74) is 3.51. The van der Waals surface area contributed by atoms with E-state index >= 15 is 0 Å². The number of methoxy groups -OCH3 is 1. The third kappa shape index (κ3) is 5.18. The van der Waals surface area contributed by atoms with Gasteiger partial charge in [0.25, 0.3) is 5.56 Å². The highest BCUT2D eigenvalue weighted by Crippen LogP contribution is 2.21. The summed E-state index contributed by atoms with van der Waals surface area (Å²) in [6.07, 6.45) is 0.991. The molecule has 2 aromatic carbocycles. The molecule has 0 unspecified atom stereocenters. The molecule has 4 rings (SSSR count). The number of H-pyrrole nitrogens is 1. The molecular formula is C25H25N3O2S2. The smallest absolute Gasteiger partial charge is 0.253 e. The molecule has 0 aliphatic rings. The SMILES string of the molecule is CCc1ccc(NC(=S)N(Cc2cccs2)Cc2cc3cc(OC)ccc3[nH]c2=O)cc1. The van der Waals surface area contributed by atoms with Crippen molar-refractivity contribution in [1.82, 2.24) is 9.88 Å². The van der Waals surface area contributed by atoms with Crippen molar-refractivity contribution < 1.29 is 4.74 Å². The van der Waals surface area contributed by atoms with Crippen LogP contribution >= 0.6 is 23.6 Å². The minimum atomic E-state index is -0.117. The second-order valence-corrected chi connectivity index (χ2v) is 8.91. The monoisotopic (exact) mass is 463 g/mol. The molecule has 0 amide bonds. The number of fused-ring (bicyclic) bond motifs is 1. The summed E-state index contributed by atoms with van der Waals surface area (Å²) in [7, 11) is 1.63. The lowest BCUT2D eigenvalue weighted by atomic mass is 10.1. The quantitative estimate of drug-likeness (QED) is 0.352. The maximum atomic E-state index is 12.8. The Balaban J connectivity index is 1.61. The maximum absolute atomic E-state index is 12.8. The van der Waals surface area contributed by atoms with E-state index in [-0.39, 0.29) is 5.56 Å². The second kappa shape index (κ2) is 9.97. The van der Waals surface area contributed by atoms with Crippen molar-refractivity contribution in [2.75, 3.05) is 12.4 Å². The molecule has 164 valence electrons. The number of benzene rings is 2. The predicted octanol–water partition coefficient (Wildman–Crippen LogP) is 5.56. The number of thiophene rings is 1. The van der Waals surface area contributed by atoms with Crippen molar-refractivity contribution in [3.63, 3.8) is 0 Å². The molecule has 4 aromatic rings. The van der Waals surface area contributed by atoms with Gasteiger partial charge in [0.05, 0.1) is 20.2 Å². The molecule has 0 atom stereocenters. The van der Waals surface area contributed by atoms with Gasteiger partial charge in [-0.25, -0.2) is 0 Å². The molecule has 5 nitrogen and oxygen atoms in total. The number of ether oxygens (including phenoxy) is 1. The fraction of sp³-hybridized carbons (Fsp3) is 0.200. The minimum Gasteiger partial charge on any atom is -0.497 e. The van der Waals surface area contributed by atoms with Crippen LogP contribution in [0, 0.1) is 0 Å². The number of aryl methyl sites for hydroxylation is 1. The Labute approximate surface area is 196 Å². The van der Waals surface area contributed by atoms with Gasteiger partial charge in [0.1, 0.15) is 5.75 Å². The van der Waals surface area contributed by atoms with Crippen LogP contribution in [0.3, 0.4) is 0 Å². The Bertz CT molecular complexity index is 1260. The molecule has 32 heavy (non-hydrogen) atoms. The van der Waals surface area contributed by atoms with Gasteiger partial charge >= 0.3 is 0 Å². The van der Waals surface area contributed by atoms with Gasteiger partial charge in [0, 0.05) is 27.0 Å². The first-order valence-electron chi connectivity index (χ1n) is 10.4. The van der Waals surface area contributed by atoms with Crippen molar-refractivity contribution in [3.05, 3.63) is 92.4 Å². The lowest BCUT2D eigenvalue weighted by molar-refractivity contribution is 0.414. The topological polar surface area (TPSA) is 57.4 Å². The van der Waals surface area contributed by atoms with Gasteiger partial charge in [-0.15, -0.1) is 11.3 Å². The predicted molar refractivity (Wildman–Crippen MR) is 137 cm³/mol. The number of aromatic nitrogens is 1. The summed E-state index contributed by atoms with van der Waals surface area (Å²) in [6.45, 7) is 3.14. The number of pyridine rings is 1. The molecule has 0 aliphatic heterocycles. The number of nitrogens with one attached hydrogen (secondary N) is 2. The van der Waals surface area contributed by atoms with Gasteiger partial charge < -0.3 is 19.9 Å². The van der Waals surface area contributed by atoms with Gasteiger partial charge in [-0.2, -0.15) is 0 Å². The number of anilines is 1. The van der Waals surface area contributed by atoms with E-state index in [0.717, 1.165) is 28.8 Å². The van der Waals surface area contributed by atoms with Gasteiger partial charge in [0.15, 0.2) is 5.11 Å². The normalized spacial score (nSPS) is 10.8. The lowest BCUT2D eigenvalue weighted by Gasteiger charge is -2.25. The van der Waals surface area contributed by atoms with Crippen molar-refractivity contribution >= 4 is 45.3 Å². The molecule has 2 heterocycles. The average Bonchev–Trinajstić information content (AvgIpc) is 3.32. The van der Waals surface area contributed by atoms with E-state index in [9.17, 15) is 4.79 Å². The van der Waals surface area contributed by atoms with E-state index in [4.69, 9.17) is 17.0 Å². The highest BCUT2D eigenvalue weighted by Gasteiger charge is 2.15. The van der Waals surface area contributed by atoms with E-state index in [2.05, 4.69) is 35.4 Å². The van der Waals surface area contributed by atoms with E-state index in [0.29, 0.717) is 23.8 Å². The molecule has 2 aromatic heterocycles. The van der Waals surface area contributed by atoms with Crippen LogP contribution in [0.15, 0.2) is 70.8 Å². The molecule has 0 aliphatic carbocycles. The first kappa shape index (κ1) is 22.0. The number of rotatable bonds is 7. The molecule has 7 heteroatoms. The van der Waals surface area contributed by atoms with Crippen LogP contribution in [0.4, 0.5) is 5.69 Å². The number of thiocarbonyl (C=S) groups is 1. The standard InChI is InChI=1S/C25H25N3O2S2/c1-3-17-6-8-20(9-7-17)26-25(31)28(16-22-5-4-12-32-22)15-19-13-18-14-21(30-2)10-11-23(18)27-24(19)29/h4-14H,3,15-16H2,1-2H3,(H,26,31)(H,27,29). The zero-order valence-electron chi connectivity index (χ0n) is 18.1. The fourth-order valence-corrected chi connectivity index (χ4v) is 4.46. The number of hydrogen-bond donors (Lipinski definition) is 2. The second-order valence-electron chi connectivity index (χ2n) is 7.49. The molecule has 0 spiro atoms. The Kier molecular flexibility index (Phi) is 6.87. The van der Waals surface area contributed by atoms with Crippen molar-refractivity contribution in [2.45, 2.75) is 26.4 Å². The largest absolute Gasteiger partial charge is 0.497 e. The highest BCUT2D eigenvalue weighted by atomic mass is 32.1. The maximum Gasteiger partial charge on any atom is 0.253 e. The lowest BCUT2D eigenvalue weighted by Crippen LogP contribution is -2.35. The van der Waals surface area contributed by atoms with Crippen LogP contribution in [-0.2, 0) is 19.5 Å². The molecular weight excluding hydrogens is 438 g/mol. The number of hydrogen-bond acceptors (Lipinski definition) is 4. The first-order valence-corrected chi connectivity index (χ1v) is 11.7. The third-order valence-electron chi connectivity index (χ3n) is 5.32. The average molecular weight is 464 g/mol. The van der Waals surface area contributed by atoms with E-state index < -0.39 is 0 Å². The number of nitrogens with zero attached hydrogens (tertiary/aromatic N) is 1. The van der Waals surface area contributed by atoms with E-state index in [1.807, 2.05) is 52.7 Å². The zero-order chi connectivity index (χ0) is 22.5. The highest BCUT2D eigenvalue weighted by molar-refractivity contribution is 7.80. The molecule has 0 bridgehead atoms. The molecule has 0 saturated carbocycles. The molecule has 2 N–H and O–H groups in total. The molecule has 0 saturated heterocycles. The summed E-state index contributed by atoms with van der Waals surface area (Å²) < 4.78 is 5.33. The van der Waals surface area contributed by atoms with Crippen LogP contribution in [0.25, 0.3) is 10.9 Å². The van der Waals surface area contributed by atoms with Crippen molar-refractivity contribution in [3.8, 4) is 5.75 Å². The summed E-state index contributed by atoms with van der Waals surface area (Å²) >= 11 is 7.43. The van der Waals surface area contributed by atoms with Gasteiger partial charge in [-0.1, -0.05) is 25.1 Å². The minimum absolute atomic E-state index is 0.117. The summed E-state index contributed by atoms with van der Waals surface area (Å²) in [5, 5.41) is 6.87. The van der Waals surface area contributed by atoms with E-state index in [1.165, 1.54) is 10.4 Å². The Morgan fingerprint density at radius 1 is 1.12 bits per heavy atom. The third-order valence-corrected chi connectivity index (χ3v) is 6.54. The summed E-state index contributed by atoms with van der Waals surface area (Å²) in [6, 6.07) is 19.9. The molecule has 0 radical (unpaired) electrons. The molecule has 0 fully saturated rings. The van der Waals surface area contributed by atoms with Crippen LogP contribution in [0.5, 0.6) is 5.75 Å². The van der Waals surface area contributed by atoms with E-state index in [1.54, 1.807) is 18.4 Å². The van der Waals surface area contributed by atoms with Gasteiger partial charge in [-0.05, 0) is 72.0 Å². The van der Waals surface area contributed by atoms with Crippen molar-refractivity contribution in [1.29, 1.82) is 0 Å². The zero-order valence-corrected chi connectivity index (χ0v) is 19.7. The van der Waals surface area contributed by atoms with Crippen LogP contribution < -0.4 is 15.6 Å². The van der Waals surface area contributed by atoms with Crippen LogP contribution in [0.2, 0.25) is 0 Å². The van der Waals surface area contributed by atoms with Gasteiger partial charge in [-0.3, -0.25) is 4.79 Å². The van der Waals surface area contributed by atoms with Crippen LogP contribution in [-0.4, -0.2) is 22.1 Å². The fourth-order valence-electron chi connectivity index (χ4n) is 3.50. The number of aromatic amines is 1. The Morgan fingerprint density at radius 3 is 2.62 bits per heavy atom. The Hall–Kier alpha value is -3.16. The van der Waals surface area contributed by atoms with Crippen LogP contribution in [0.1, 0.15) is 22.9 Å². The van der Waals surface area contributed by atoms with Crippen molar-refractivity contribution in [2.24, 2.45) is 0 Å². The van der Waals surface area contributed by atoms with Gasteiger partial charge in [0.2, 0.25) is 0 Å². The Morgan fingerprint density at radius 2 is 1.94 bits per heavy atom. The summed E-state index contributed by atoms with van der Waals surface area (Å²) in [5.74, 6) is 0.749.